The molecule has 0 spiro atoms. The number of amidine groups is 1. The third kappa shape index (κ3) is 6.20. The van der Waals surface area contributed by atoms with E-state index in [2.05, 4.69) is 27.7 Å². The first-order valence-electron chi connectivity index (χ1n) is 11.3. The maximum absolute atomic E-state index is 13.0. The molecule has 2 saturated heterocycles. The molecule has 3 fully saturated rings. The fourth-order valence-corrected chi connectivity index (χ4v) is 5.36. The lowest BCUT2D eigenvalue weighted by Crippen LogP contribution is -2.53. The van der Waals surface area contributed by atoms with E-state index in [4.69, 9.17) is 4.74 Å². The molecule has 0 bridgehead atoms. The highest BCUT2D eigenvalue weighted by Gasteiger charge is 2.36. The number of nitrogens with one attached hydrogen (secondary N) is 2. The summed E-state index contributed by atoms with van der Waals surface area (Å²) >= 11 is 1.57. The fourth-order valence-electron chi connectivity index (χ4n) is 4.39. The van der Waals surface area contributed by atoms with E-state index in [9.17, 15) is 14.4 Å². The van der Waals surface area contributed by atoms with Gasteiger partial charge in [0.1, 0.15) is 6.04 Å². The molecule has 2 heterocycles. The van der Waals surface area contributed by atoms with Gasteiger partial charge >= 0.3 is 5.91 Å². The number of hydrazone groups is 1. The molecule has 1 saturated carbocycles. The number of amides is 2. The van der Waals surface area contributed by atoms with Crippen LogP contribution in [0.1, 0.15) is 58.3 Å². The minimum atomic E-state index is -0.813. The number of nitrogens with zero attached hydrogens (tertiary/aromatic N) is 2. The van der Waals surface area contributed by atoms with Crippen molar-refractivity contribution in [3.05, 3.63) is 0 Å². The first-order chi connectivity index (χ1) is 14.6. The van der Waals surface area contributed by atoms with Crippen molar-refractivity contribution in [3.8, 4) is 0 Å². The summed E-state index contributed by atoms with van der Waals surface area (Å²) < 4.78 is 5.41. The number of carbonyl (C=O) groups is 3. The average molecular weight is 439 g/mol. The summed E-state index contributed by atoms with van der Waals surface area (Å²) in [5.41, 5.74) is 2.44. The van der Waals surface area contributed by atoms with Gasteiger partial charge in [-0.3, -0.25) is 14.4 Å². The molecule has 0 aromatic carbocycles. The zero-order valence-corrected chi connectivity index (χ0v) is 18.7. The summed E-state index contributed by atoms with van der Waals surface area (Å²) in [5.74, 6) is -0.694. The van der Waals surface area contributed by atoms with Crippen molar-refractivity contribution in [2.45, 2.75) is 64.3 Å². The van der Waals surface area contributed by atoms with Gasteiger partial charge in [0, 0.05) is 38.0 Å². The first kappa shape index (κ1) is 23.1. The summed E-state index contributed by atoms with van der Waals surface area (Å²) in [6.45, 7) is 4.94. The molecule has 3 aliphatic rings. The summed E-state index contributed by atoms with van der Waals surface area (Å²) in [6.07, 6.45) is 7.24. The molecule has 2 amide bonds. The van der Waals surface area contributed by atoms with Crippen molar-refractivity contribution in [2.24, 2.45) is 16.9 Å². The van der Waals surface area contributed by atoms with Crippen LogP contribution in [0.25, 0.3) is 0 Å². The van der Waals surface area contributed by atoms with Gasteiger partial charge in [0.2, 0.25) is 11.7 Å². The van der Waals surface area contributed by atoms with Crippen LogP contribution < -0.4 is 10.7 Å². The second kappa shape index (κ2) is 11.7. The molecule has 8 nitrogen and oxygen atoms in total. The van der Waals surface area contributed by atoms with Gasteiger partial charge in [-0.05, 0) is 38.0 Å². The van der Waals surface area contributed by atoms with Gasteiger partial charge in [-0.1, -0.05) is 37.9 Å². The van der Waals surface area contributed by atoms with E-state index in [1.54, 1.807) is 11.8 Å². The summed E-state index contributed by atoms with van der Waals surface area (Å²) in [4.78, 5) is 40.5. The molecule has 0 radical (unpaired) electrons. The van der Waals surface area contributed by atoms with Gasteiger partial charge in [0.05, 0.1) is 0 Å². The maximum Gasteiger partial charge on any atom is 0.309 e. The predicted molar refractivity (Wildman–Crippen MR) is 117 cm³/mol. The van der Waals surface area contributed by atoms with Crippen LogP contribution in [0.3, 0.4) is 0 Å². The lowest BCUT2D eigenvalue weighted by Gasteiger charge is -2.31. The number of rotatable bonds is 8. The zero-order chi connectivity index (χ0) is 21.3. The number of Topliss-reactive ketones (excluding diaryl/α,β-unsaturated/α-hetero) is 1. The second-order valence-electron chi connectivity index (χ2n) is 8.31. The zero-order valence-electron chi connectivity index (χ0n) is 17.9. The molecule has 0 aromatic heterocycles. The molecule has 2 N–H and O–H groups in total. The Hall–Kier alpha value is -1.61. The van der Waals surface area contributed by atoms with E-state index in [1.165, 1.54) is 0 Å². The molecule has 168 valence electrons. The lowest BCUT2D eigenvalue weighted by molar-refractivity contribution is -0.142. The molecule has 2 aliphatic heterocycles. The fraction of sp³-hybridized carbons (Fsp3) is 0.810. The Morgan fingerprint density at radius 3 is 2.60 bits per heavy atom. The van der Waals surface area contributed by atoms with E-state index >= 15 is 0 Å². The number of hydrogen-bond donors (Lipinski definition) is 2. The van der Waals surface area contributed by atoms with Crippen LogP contribution in [-0.2, 0) is 19.1 Å². The predicted octanol–water partition coefficient (Wildman–Crippen LogP) is 1.89. The van der Waals surface area contributed by atoms with Crippen molar-refractivity contribution < 1.29 is 19.1 Å². The normalized spacial score (nSPS) is 23.4. The minimum Gasteiger partial charge on any atom is -0.381 e. The monoisotopic (exact) mass is 438 g/mol. The molecular formula is C21H34N4O4S. The molecule has 9 heteroatoms. The van der Waals surface area contributed by atoms with Gasteiger partial charge in [0.25, 0.3) is 0 Å². The van der Waals surface area contributed by atoms with E-state index < -0.39 is 17.7 Å². The van der Waals surface area contributed by atoms with Gasteiger partial charge in [0.15, 0.2) is 5.17 Å². The molecule has 1 atom stereocenters. The smallest absolute Gasteiger partial charge is 0.309 e. The summed E-state index contributed by atoms with van der Waals surface area (Å²) in [7, 11) is 0. The Labute approximate surface area is 182 Å². The van der Waals surface area contributed by atoms with E-state index in [1.807, 2.05) is 0 Å². The highest BCUT2D eigenvalue weighted by Crippen LogP contribution is 2.25. The van der Waals surface area contributed by atoms with Gasteiger partial charge < -0.3 is 15.0 Å². The van der Waals surface area contributed by atoms with Crippen molar-refractivity contribution in [3.63, 3.8) is 0 Å². The number of carbonyl (C=O) groups excluding carboxylic acids is 3. The summed E-state index contributed by atoms with van der Waals surface area (Å²) in [6, 6.07) is -0.813. The lowest BCUT2D eigenvalue weighted by atomic mass is 9.85. The molecule has 1 aliphatic carbocycles. The maximum atomic E-state index is 13.0. The Bertz CT molecular complexity index is 645. The topological polar surface area (TPSA) is 100 Å². The molecule has 3 rings (SSSR count). The highest BCUT2D eigenvalue weighted by molar-refractivity contribution is 8.14. The number of ketones is 1. The molecular weight excluding hydrogens is 404 g/mol. The number of thioether (sulfide) groups is 1. The molecule has 0 aromatic rings. The van der Waals surface area contributed by atoms with E-state index in [0.717, 1.165) is 62.5 Å². The average Bonchev–Trinajstić information content (AvgIpc) is 3.23. The van der Waals surface area contributed by atoms with Crippen LogP contribution in [0.15, 0.2) is 5.10 Å². The van der Waals surface area contributed by atoms with Crippen LogP contribution in [0.4, 0.5) is 0 Å². The SMILES string of the molecule is CCCN1CCS/C1=N\NC(=O)C(=O)C(NC(=O)C1CCCCC1)C1CCOCC1. The van der Waals surface area contributed by atoms with Gasteiger partial charge in [-0.25, -0.2) is 5.43 Å². The number of ether oxygens (including phenoxy) is 1. The van der Waals surface area contributed by atoms with Gasteiger partial charge in [-0.2, -0.15) is 0 Å². The van der Waals surface area contributed by atoms with Crippen molar-refractivity contribution >= 4 is 34.5 Å². The minimum absolute atomic E-state index is 0.0605. The molecule has 1 unspecified atom stereocenters. The Balaban J connectivity index is 1.64. The van der Waals surface area contributed by atoms with E-state index in [-0.39, 0.29) is 17.7 Å². The Morgan fingerprint density at radius 1 is 1.17 bits per heavy atom. The van der Waals surface area contributed by atoms with Crippen LogP contribution >= 0.6 is 11.8 Å². The quantitative estimate of drug-likeness (QED) is 0.443. The standard InChI is InChI=1S/C21H34N4O4S/c1-2-10-25-11-14-30-21(25)24-23-20(28)18(26)17(15-8-12-29-13-9-15)22-19(27)16-6-4-3-5-7-16/h15-17H,2-14H2,1H3,(H,22,27)(H,23,28)/b24-21-. The molecule has 30 heavy (non-hydrogen) atoms. The van der Waals surface area contributed by atoms with Crippen LogP contribution in [0.2, 0.25) is 0 Å². The Kier molecular flexibility index (Phi) is 8.99. The van der Waals surface area contributed by atoms with Crippen LogP contribution in [0.5, 0.6) is 0 Å². The third-order valence-corrected chi connectivity index (χ3v) is 7.12. The number of hydrogen-bond acceptors (Lipinski definition) is 6. The van der Waals surface area contributed by atoms with Crippen LogP contribution in [-0.4, -0.2) is 65.8 Å². The Morgan fingerprint density at radius 2 is 1.90 bits per heavy atom. The highest BCUT2D eigenvalue weighted by atomic mass is 32.2. The van der Waals surface area contributed by atoms with E-state index in [0.29, 0.717) is 26.1 Å². The van der Waals surface area contributed by atoms with Gasteiger partial charge in [-0.15, -0.1) is 5.10 Å². The van der Waals surface area contributed by atoms with Crippen molar-refractivity contribution in [2.75, 3.05) is 32.1 Å². The summed E-state index contributed by atoms with van der Waals surface area (Å²) in [5, 5.41) is 7.86. The van der Waals surface area contributed by atoms with Crippen LogP contribution in [0, 0.1) is 11.8 Å². The second-order valence-corrected chi connectivity index (χ2v) is 9.37. The first-order valence-corrected chi connectivity index (χ1v) is 12.3. The van der Waals surface area contributed by atoms with Crippen molar-refractivity contribution in [1.82, 2.24) is 15.6 Å². The van der Waals surface area contributed by atoms with Crippen molar-refractivity contribution in [1.29, 1.82) is 0 Å². The third-order valence-electron chi connectivity index (χ3n) is 6.13. The largest absolute Gasteiger partial charge is 0.381 e.